The first-order chi connectivity index (χ1) is 13.9. The Labute approximate surface area is 168 Å². The molecule has 7 heteroatoms. The van der Waals surface area contributed by atoms with Gasteiger partial charge in [-0.25, -0.2) is 8.78 Å². The highest BCUT2D eigenvalue weighted by Gasteiger charge is 2.22. The first kappa shape index (κ1) is 20.7. The van der Waals surface area contributed by atoms with Crippen LogP contribution in [0, 0.1) is 17.6 Å². The second-order valence-electron chi connectivity index (χ2n) is 7.11. The lowest BCUT2D eigenvalue weighted by atomic mass is 9.96. The number of halogens is 2. The summed E-state index contributed by atoms with van der Waals surface area (Å²) in [5.74, 6) is -2.22. The molecule has 0 saturated carbocycles. The Morgan fingerprint density at radius 1 is 1.10 bits per heavy atom. The molecule has 1 aliphatic heterocycles. The topological polar surface area (TPSA) is 75.4 Å². The monoisotopic (exact) mass is 399 g/mol. The van der Waals surface area contributed by atoms with Gasteiger partial charge in [-0.15, -0.1) is 0 Å². The number of amides is 2. The van der Waals surface area contributed by atoms with Crippen molar-refractivity contribution in [1.29, 1.82) is 0 Å². The van der Waals surface area contributed by atoms with Crippen molar-refractivity contribution in [3.05, 3.63) is 71.3 Å². The molecule has 1 saturated heterocycles. The summed E-state index contributed by atoms with van der Waals surface area (Å²) in [7, 11) is 0. The van der Waals surface area contributed by atoms with Crippen molar-refractivity contribution in [3.8, 4) is 0 Å². The van der Waals surface area contributed by atoms with Crippen LogP contribution in [-0.4, -0.2) is 29.8 Å². The van der Waals surface area contributed by atoms with Crippen molar-refractivity contribution in [2.75, 3.05) is 18.4 Å². The van der Waals surface area contributed by atoms with Gasteiger partial charge in [0.15, 0.2) is 0 Å². The highest BCUT2D eigenvalue weighted by atomic mass is 19.1. The van der Waals surface area contributed by atoms with E-state index in [1.54, 1.807) is 6.07 Å². The van der Waals surface area contributed by atoms with Crippen molar-refractivity contribution < 1.29 is 18.4 Å². The molecular weight excluding hydrogens is 376 g/mol. The number of hydrogen-bond acceptors (Lipinski definition) is 3. The second-order valence-corrected chi connectivity index (χ2v) is 7.11. The van der Waals surface area contributed by atoms with E-state index in [0.29, 0.717) is 12.2 Å². The van der Waals surface area contributed by atoms with Crippen molar-refractivity contribution in [3.63, 3.8) is 0 Å². The zero-order chi connectivity index (χ0) is 20.8. The van der Waals surface area contributed by atoms with Crippen LogP contribution in [0.25, 0.3) is 6.08 Å². The molecule has 152 valence electrons. The molecule has 3 N–H and O–H groups in total. The first-order valence-electron chi connectivity index (χ1n) is 9.46. The molecule has 0 spiro atoms. The number of nitrogens with one attached hydrogen (secondary N) is 1. The quantitative estimate of drug-likeness (QED) is 0.732. The minimum absolute atomic E-state index is 0.0528. The Balaban J connectivity index is 1.58. The minimum atomic E-state index is -0.726. The van der Waals surface area contributed by atoms with E-state index in [9.17, 15) is 18.4 Å². The molecule has 0 radical (unpaired) electrons. The fourth-order valence-electron chi connectivity index (χ4n) is 3.39. The van der Waals surface area contributed by atoms with Gasteiger partial charge in [-0.3, -0.25) is 14.5 Å². The predicted octanol–water partition coefficient (Wildman–Crippen LogP) is 3.31. The molecule has 0 atom stereocenters. The van der Waals surface area contributed by atoms with Crippen LogP contribution in [0.4, 0.5) is 14.5 Å². The Bertz CT molecular complexity index is 902. The van der Waals surface area contributed by atoms with Crippen molar-refractivity contribution >= 4 is 23.6 Å². The van der Waals surface area contributed by atoms with E-state index in [0.717, 1.165) is 55.8 Å². The number of rotatable bonds is 6. The normalized spacial score (nSPS) is 15.5. The number of carbonyl (C=O) groups is 2. The molecule has 0 unspecified atom stereocenters. The van der Waals surface area contributed by atoms with E-state index >= 15 is 0 Å². The summed E-state index contributed by atoms with van der Waals surface area (Å²) in [5, 5.41) is 2.70. The summed E-state index contributed by atoms with van der Waals surface area (Å²) in [4.78, 5) is 25.6. The Morgan fingerprint density at radius 2 is 1.76 bits per heavy atom. The van der Waals surface area contributed by atoms with Crippen LogP contribution in [0.2, 0.25) is 0 Å². The van der Waals surface area contributed by atoms with Gasteiger partial charge in [0.1, 0.15) is 11.6 Å². The average molecular weight is 399 g/mol. The maximum Gasteiger partial charge on any atom is 0.248 e. The van der Waals surface area contributed by atoms with Gasteiger partial charge in [0.25, 0.3) is 0 Å². The number of piperidine rings is 1. The molecular formula is C22H23F2N3O2. The maximum absolute atomic E-state index is 13.6. The van der Waals surface area contributed by atoms with Gasteiger partial charge in [-0.05, 0) is 61.8 Å². The largest absolute Gasteiger partial charge is 0.369 e. The van der Waals surface area contributed by atoms with Gasteiger partial charge in [-0.2, -0.15) is 0 Å². The third kappa shape index (κ3) is 5.71. The molecule has 0 aromatic heterocycles. The SMILES string of the molecule is NC(=O)C1CCN(Cc2cccc(NC(=O)/C=C/c3c(F)cccc3F)c2)CC1. The predicted molar refractivity (Wildman–Crippen MR) is 108 cm³/mol. The number of carbonyl (C=O) groups excluding carboxylic acids is 2. The second kappa shape index (κ2) is 9.43. The number of hydrogen-bond donors (Lipinski definition) is 2. The summed E-state index contributed by atoms with van der Waals surface area (Å²) in [5.41, 5.74) is 6.72. The van der Waals surface area contributed by atoms with Gasteiger partial charge >= 0.3 is 0 Å². The molecule has 1 fully saturated rings. The maximum atomic E-state index is 13.6. The lowest BCUT2D eigenvalue weighted by Crippen LogP contribution is -2.38. The number of primary amides is 1. The Hall–Kier alpha value is -3.06. The smallest absolute Gasteiger partial charge is 0.248 e. The minimum Gasteiger partial charge on any atom is -0.369 e. The third-order valence-electron chi connectivity index (χ3n) is 4.99. The van der Waals surface area contributed by atoms with E-state index in [4.69, 9.17) is 5.73 Å². The average Bonchev–Trinajstić information content (AvgIpc) is 2.68. The van der Waals surface area contributed by atoms with Crippen molar-refractivity contribution in [1.82, 2.24) is 4.90 Å². The third-order valence-corrected chi connectivity index (χ3v) is 4.99. The van der Waals surface area contributed by atoms with Crippen LogP contribution < -0.4 is 11.1 Å². The summed E-state index contributed by atoms with van der Waals surface area (Å²) < 4.78 is 27.2. The van der Waals surface area contributed by atoms with Crippen molar-refractivity contribution in [2.24, 2.45) is 11.7 Å². The zero-order valence-electron chi connectivity index (χ0n) is 15.9. The van der Waals surface area contributed by atoms with E-state index in [1.165, 1.54) is 6.07 Å². The number of nitrogens with zero attached hydrogens (tertiary/aromatic N) is 1. The number of anilines is 1. The standard InChI is InChI=1S/C22H23F2N3O2/c23-19-5-2-6-20(24)18(19)7-8-21(28)26-17-4-1-3-15(13-17)14-27-11-9-16(10-12-27)22(25)29/h1-8,13,16H,9-12,14H2,(H2,25,29)(H,26,28)/b8-7+. The summed E-state index contributed by atoms with van der Waals surface area (Å²) in [6, 6.07) is 10.9. The van der Waals surface area contributed by atoms with E-state index in [2.05, 4.69) is 10.2 Å². The van der Waals surface area contributed by atoms with Crippen LogP contribution in [0.3, 0.4) is 0 Å². The number of likely N-dealkylation sites (tertiary alicyclic amines) is 1. The highest BCUT2D eigenvalue weighted by Crippen LogP contribution is 2.20. The lowest BCUT2D eigenvalue weighted by molar-refractivity contribution is -0.123. The summed E-state index contributed by atoms with van der Waals surface area (Å²) >= 11 is 0. The summed E-state index contributed by atoms with van der Waals surface area (Å²) in [6.45, 7) is 2.29. The molecule has 2 amide bonds. The molecule has 2 aromatic carbocycles. The van der Waals surface area contributed by atoms with Crippen LogP contribution in [-0.2, 0) is 16.1 Å². The fraction of sp³-hybridized carbons (Fsp3) is 0.273. The molecule has 1 aliphatic rings. The van der Waals surface area contributed by atoms with Gasteiger partial charge in [0.05, 0.1) is 0 Å². The first-order valence-corrected chi connectivity index (χ1v) is 9.46. The van der Waals surface area contributed by atoms with E-state index in [1.807, 2.05) is 18.2 Å². The summed E-state index contributed by atoms with van der Waals surface area (Å²) in [6.07, 6.45) is 3.72. The Kier molecular flexibility index (Phi) is 6.72. The lowest BCUT2D eigenvalue weighted by Gasteiger charge is -2.30. The van der Waals surface area contributed by atoms with Crippen LogP contribution in [0.15, 0.2) is 48.5 Å². The van der Waals surface area contributed by atoms with E-state index < -0.39 is 17.5 Å². The van der Waals surface area contributed by atoms with Crippen LogP contribution in [0.5, 0.6) is 0 Å². The van der Waals surface area contributed by atoms with Gasteiger partial charge in [0, 0.05) is 29.8 Å². The molecule has 29 heavy (non-hydrogen) atoms. The van der Waals surface area contributed by atoms with Gasteiger partial charge in [0.2, 0.25) is 11.8 Å². The van der Waals surface area contributed by atoms with E-state index in [-0.39, 0.29) is 17.4 Å². The van der Waals surface area contributed by atoms with Crippen LogP contribution in [0.1, 0.15) is 24.0 Å². The molecule has 0 aliphatic carbocycles. The highest BCUT2D eigenvalue weighted by molar-refractivity contribution is 6.02. The molecule has 2 aromatic rings. The number of benzene rings is 2. The Morgan fingerprint density at radius 3 is 2.41 bits per heavy atom. The van der Waals surface area contributed by atoms with Crippen molar-refractivity contribution in [2.45, 2.75) is 19.4 Å². The van der Waals surface area contributed by atoms with Gasteiger partial charge in [-0.1, -0.05) is 18.2 Å². The molecule has 5 nitrogen and oxygen atoms in total. The fourth-order valence-corrected chi connectivity index (χ4v) is 3.39. The molecule has 0 bridgehead atoms. The molecule has 3 rings (SSSR count). The van der Waals surface area contributed by atoms with Gasteiger partial charge < -0.3 is 11.1 Å². The molecule has 1 heterocycles. The van der Waals surface area contributed by atoms with Crippen LogP contribution >= 0.6 is 0 Å². The zero-order valence-corrected chi connectivity index (χ0v) is 15.9. The number of nitrogens with two attached hydrogens (primary N) is 1.